The molecule has 1 saturated carbocycles. The number of nitrogens with two attached hydrogens (primary N) is 1. The van der Waals surface area contributed by atoms with E-state index < -0.39 is 0 Å². The van der Waals surface area contributed by atoms with Gasteiger partial charge >= 0.3 is 0 Å². The highest BCUT2D eigenvalue weighted by atomic mass is 16.5. The predicted molar refractivity (Wildman–Crippen MR) is 64.6 cm³/mol. The van der Waals surface area contributed by atoms with Crippen molar-refractivity contribution < 1.29 is 9.94 Å². The zero-order valence-electron chi connectivity index (χ0n) is 10.4. The Bertz CT molecular complexity index is 231. The Morgan fingerprint density at radius 3 is 2.81 bits per heavy atom. The van der Waals surface area contributed by atoms with Crippen LogP contribution in [-0.4, -0.2) is 23.8 Å². The average Bonchev–Trinajstić information content (AvgIpc) is 2.35. The third kappa shape index (κ3) is 3.67. The monoisotopic (exact) mass is 228 g/mol. The lowest BCUT2D eigenvalue weighted by Gasteiger charge is -2.31. The van der Waals surface area contributed by atoms with E-state index in [1.54, 1.807) is 0 Å². The van der Waals surface area contributed by atoms with E-state index in [-0.39, 0.29) is 11.8 Å². The van der Waals surface area contributed by atoms with Crippen LogP contribution in [0, 0.1) is 11.8 Å². The Hall–Kier alpha value is -0.770. The second-order valence-corrected chi connectivity index (χ2v) is 4.75. The number of rotatable bonds is 5. The molecule has 3 N–H and O–H groups in total. The SMILES string of the molecule is CCC1CCCCC1OCC(C)/C(N)=N/O. The zero-order chi connectivity index (χ0) is 12.0. The molecule has 0 amide bonds. The van der Waals surface area contributed by atoms with Crippen molar-refractivity contribution in [1.29, 1.82) is 0 Å². The van der Waals surface area contributed by atoms with Gasteiger partial charge < -0.3 is 15.7 Å². The van der Waals surface area contributed by atoms with E-state index in [1.807, 2.05) is 6.92 Å². The molecule has 94 valence electrons. The van der Waals surface area contributed by atoms with Crippen molar-refractivity contribution in [1.82, 2.24) is 0 Å². The first-order valence-corrected chi connectivity index (χ1v) is 6.28. The Labute approximate surface area is 97.8 Å². The Morgan fingerprint density at radius 1 is 1.50 bits per heavy atom. The van der Waals surface area contributed by atoms with Gasteiger partial charge in [0, 0.05) is 5.92 Å². The van der Waals surface area contributed by atoms with Crippen molar-refractivity contribution in [2.75, 3.05) is 6.61 Å². The maximum atomic E-state index is 8.55. The molecule has 0 saturated heterocycles. The van der Waals surface area contributed by atoms with E-state index in [2.05, 4.69) is 12.1 Å². The van der Waals surface area contributed by atoms with Gasteiger partial charge in [-0.15, -0.1) is 0 Å². The van der Waals surface area contributed by atoms with Crippen LogP contribution in [0.3, 0.4) is 0 Å². The highest BCUT2D eigenvalue weighted by Crippen LogP contribution is 2.29. The zero-order valence-corrected chi connectivity index (χ0v) is 10.4. The van der Waals surface area contributed by atoms with Crippen LogP contribution < -0.4 is 5.73 Å². The second kappa shape index (κ2) is 6.74. The van der Waals surface area contributed by atoms with Gasteiger partial charge in [-0.05, 0) is 18.8 Å². The number of hydrogen-bond donors (Lipinski definition) is 2. The molecule has 0 radical (unpaired) electrons. The van der Waals surface area contributed by atoms with Crippen molar-refractivity contribution in [2.24, 2.45) is 22.7 Å². The van der Waals surface area contributed by atoms with Crippen LogP contribution in [0.15, 0.2) is 5.16 Å². The molecule has 4 nitrogen and oxygen atoms in total. The number of ether oxygens (including phenoxy) is 1. The van der Waals surface area contributed by atoms with Crippen LogP contribution in [0.5, 0.6) is 0 Å². The van der Waals surface area contributed by atoms with E-state index in [0.29, 0.717) is 18.6 Å². The molecule has 1 aliphatic rings. The van der Waals surface area contributed by atoms with E-state index in [9.17, 15) is 0 Å². The molecule has 0 heterocycles. The lowest BCUT2D eigenvalue weighted by atomic mass is 9.85. The summed E-state index contributed by atoms with van der Waals surface area (Å²) in [5.41, 5.74) is 5.52. The topological polar surface area (TPSA) is 67.8 Å². The van der Waals surface area contributed by atoms with Gasteiger partial charge in [0.15, 0.2) is 0 Å². The Kier molecular flexibility index (Phi) is 5.60. The van der Waals surface area contributed by atoms with Gasteiger partial charge in [0.05, 0.1) is 12.7 Å². The summed E-state index contributed by atoms with van der Waals surface area (Å²) < 4.78 is 5.90. The maximum Gasteiger partial charge on any atom is 0.144 e. The van der Waals surface area contributed by atoms with E-state index in [4.69, 9.17) is 15.7 Å². The largest absolute Gasteiger partial charge is 0.409 e. The molecule has 1 fully saturated rings. The summed E-state index contributed by atoms with van der Waals surface area (Å²) in [6.45, 7) is 4.69. The van der Waals surface area contributed by atoms with E-state index in [1.165, 1.54) is 25.7 Å². The highest BCUT2D eigenvalue weighted by Gasteiger charge is 2.25. The molecule has 0 bridgehead atoms. The molecule has 0 aromatic rings. The normalized spacial score (nSPS) is 29.0. The minimum absolute atomic E-state index is 0.00978. The summed E-state index contributed by atoms with van der Waals surface area (Å²) in [5.74, 6) is 0.932. The van der Waals surface area contributed by atoms with Crippen LogP contribution >= 0.6 is 0 Å². The standard InChI is InChI=1S/C12H24N2O2/c1-3-10-6-4-5-7-11(10)16-8-9(2)12(13)14-15/h9-11,15H,3-8H2,1-2H3,(H2,13,14). The quantitative estimate of drug-likeness (QED) is 0.328. The summed E-state index contributed by atoms with van der Waals surface area (Å²) in [6, 6.07) is 0. The van der Waals surface area contributed by atoms with Crippen LogP contribution in [0.1, 0.15) is 46.0 Å². The molecule has 0 spiro atoms. The second-order valence-electron chi connectivity index (χ2n) is 4.75. The van der Waals surface area contributed by atoms with Gasteiger partial charge in [-0.3, -0.25) is 0 Å². The predicted octanol–water partition coefficient (Wildman–Crippen LogP) is 2.35. The maximum absolute atomic E-state index is 8.55. The summed E-state index contributed by atoms with van der Waals surface area (Å²) in [4.78, 5) is 0. The Morgan fingerprint density at radius 2 is 2.19 bits per heavy atom. The molecule has 1 aliphatic carbocycles. The fourth-order valence-corrected chi connectivity index (χ4v) is 2.31. The fraction of sp³-hybridized carbons (Fsp3) is 0.917. The molecular formula is C12H24N2O2. The minimum atomic E-state index is -0.00978. The molecule has 4 heteroatoms. The van der Waals surface area contributed by atoms with Gasteiger partial charge in [0.2, 0.25) is 0 Å². The highest BCUT2D eigenvalue weighted by molar-refractivity contribution is 5.81. The first-order chi connectivity index (χ1) is 7.69. The van der Waals surface area contributed by atoms with Gasteiger partial charge in [-0.2, -0.15) is 0 Å². The smallest absolute Gasteiger partial charge is 0.144 e. The summed E-state index contributed by atoms with van der Waals surface area (Å²) in [5, 5.41) is 11.6. The van der Waals surface area contributed by atoms with Crippen LogP contribution in [0.4, 0.5) is 0 Å². The third-order valence-corrected chi connectivity index (χ3v) is 3.54. The first-order valence-electron chi connectivity index (χ1n) is 6.28. The van der Waals surface area contributed by atoms with Crippen molar-refractivity contribution in [3.8, 4) is 0 Å². The number of nitrogens with zero attached hydrogens (tertiary/aromatic N) is 1. The molecule has 0 aliphatic heterocycles. The summed E-state index contributed by atoms with van der Waals surface area (Å²) in [6.07, 6.45) is 6.57. The van der Waals surface area contributed by atoms with Crippen molar-refractivity contribution >= 4 is 5.84 Å². The molecule has 1 rings (SSSR count). The number of hydrogen-bond acceptors (Lipinski definition) is 3. The fourth-order valence-electron chi connectivity index (χ4n) is 2.31. The molecule has 0 aromatic heterocycles. The molecule has 3 unspecified atom stereocenters. The van der Waals surface area contributed by atoms with Crippen LogP contribution in [0.25, 0.3) is 0 Å². The van der Waals surface area contributed by atoms with Crippen molar-refractivity contribution in [3.63, 3.8) is 0 Å². The summed E-state index contributed by atoms with van der Waals surface area (Å²) >= 11 is 0. The van der Waals surface area contributed by atoms with Gasteiger partial charge in [-0.25, -0.2) is 0 Å². The molecular weight excluding hydrogens is 204 g/mol. The summed E-state index contributed by atoms with van der Waals surface area (Å²) in [7, 11) is 0. The van der Waals surface area contributed by atoms with E-state index in [0.717, 1.165) is 6.42 Å². The van der Waals surface area contributed by atoms with Crippen molar-refractivity contribution in [3.05, 3.63) is 0 Å². The van der Waals surface area contributed by atoms with Crippen molar-refractivity contribution in [2.45, 2.75) is 52.1 Å². The minimum Gasteiger partial charge on any atom is -0.409 e. The van der Waals surface area contributed by atoms with Gasteiger partial charge in [0.25, 0.3) is 0 Å². The number of oxime groups is 1. The Balaban J connectivity index is 2.35. The van der Waals surface area contributed by atoms with E-state index >= 15 is 0 Å². The van der Waals surface area contributed by atoms with Gasteiger partial charge in [-0.1, -0.05) is 38.3 Å². The lowest BCUT2D eigenvalue weighted by Crippen LogP contribution is -2.32. The van der Waals surface area contributed by atoms with Crippen LogP contribution in [0.2, 0.25) is 0 Å². The number of amidine groups is 1. The van der Waals surface area contributed by atoms with Crippen LogP contribution in [-0.2, 0) is 4.74 Å². The van der Waals surface area contributed by atoms with Gasteiger partial charge in [0.1, 0.15) is 5.84 Å². The first kappa shape index (κ1) is 13.3. The molecule has 16 heavy (non-hydrogen) atoms. The lowest BCUT2D eigenvalue weighted by molar-refractivity contribution is -0.0186. The molecule has 0 aromatic carbocycles. The average molecular weight is 228 g/mol. The molecule has 3 atom stereocenters. The third-order valence-electron chi connectivity index (χ3n) is 3.54.